The van der Waals surface area contributed by atoms with Gasteiger partial charge in [-0.15, -0.1) is 0 Å². The van der Waals surface area contributed by atoms with E-state index in [0.29, 0.717) is 0 Å². The average molecular weight is 460 g/mol. The lowest BCUT2D eigenvalue weighted by Crippen LogP contribution is -1.97. The van der Waals surface area contributed by atoms with Gasteiger partial charge in [-0.25, -0.2) is 0 Å². The molecule has 0 aliphatic rings. The van der Waals surface area contributed by atoms with Crippen molar-refractivity contribution < 1.29 is 0 Å². The quantitative estimate of drug-likeness (QED) is 0.254. The second kappa shape index (κ2) is 7.30. The van der Waals surface area contributed by atoms with Crippen LogP contribution in [0.2, 0.25) is 0 Å². The molecule has 8 rings (SSSR count). The number of para-hydroxylation sites is 2. The van der Waals surface area contributed by atoms with Crippen molar-refractivity contribution in [3.63, 3.8) is 0 Å². The smallest absolute Gasteiger partial charge is 0.0724 e. The summed E-state index contributed by atoms with van der Waals surface area (Å²) in [5.74, 6) is 0. The Bertz CT molecular complexity index is 2090. The van der Waals surface area contributed by atoms with Crippen molar-refractivity contribution in [2.45, 2.75) is 0 Å². The minimum absolute atomic E-state index is 1.11. The van der Waals surface area contributed by atoms with E-state index in [0.717, 1.165) is 11.1 Å². The Kier molecular flexibility index (Phi) is 3.94. The molecule has 3 heteroatoms. The maximum absolute atomic E-state index is 4.63. The summed E-state index contributed by atoms with van der Waals surface area (Å²) in [5.41, 5.74) is 5.90. The molecular formula is C33H21N3. The van der Waals surface area contributed by atoms with Gasteiger partial charge in [-0.05, 0) is 35.7 Å². The summed E-state index contributed by atoms with van der Waals surface area (Å²) >= 11 is 0. The van der Waals surface area contributed by atoms with E-state index in [-0.39, 0.29) is 0 Å². The van der Waals surface area contributed by atoms with Crippen LogP contribution in [0.1, 0.15) is 0 Å². The van der Waals surface area contributed by atoms with Crippen LogP contribution in [0.25, 0.3) is 65.6 Å². The SMILES string of the molecule is c1ccc(-n2ccc3c4ccc5c6ccccc6n(-c6cncc7ccccc67)c5c4ccc32)cc1. The summed E-state index contributed by atoms with van der Waals surface area (Å²) in [7, 11) is 0. The van der Waals surface area contributed by atoms with Crippen molar-refractivity contribution in [3.05, 3.63) is 128 Å². The fourth-order valence-electron chi connectivity index (χ4n) is 5.83. The Labute approximate surface area is 207 Å². The van der Waals surface area contributed by atoms with E-state index in [9.17, 15) is 0 Å². The molecule has 3 heterocycles. The number of hydrogen-bond donors (Lipinski definition) is 0. The lowest BCUT2D eigenvalue weighted by atomic mass is 10.0. The zero-order valence-electron chi connectivity index (χ0n) is 19.5. The Morgan fingerprint density at radius 1 is 0.472 bits per heavy atom. The highest BCUT2D eigenvalue weighted by Gasteiger charge is 2.18. The maximum atomic E-state index is 4.63. The molecule has 0 saturated carbocycles. The van der Waals surface area contributed by atoms with E-state index in [4.69, 9.17) is 0 Å². The van der Waals surface area contributed by atoms with Crippen LogP contribution in [0.15, 0.2) is 128 Å². The van der Waals surface area contributed by atoms with Crippen LogP contribution in [0, 0.1) is 0 Å². The van der Waals surface area contributed by atoms with Gasteiger partial charge in [0.1, 0.15) is 0 Å². The molecule has 0 amide bonds. The summed E-state index contributed by atoms with van der Waals surface area (Å²) in [6.07, 6.45) is 6.12. The van der Waals surface area contributed by atoms with E-state index in [1.54, 1.807) is 0 Å². The first kappa shape index (κ1) is 19.4. The lowest BCUT2D eigenvalue weighted by Gasteiger charge is -2.13. The highest BCUT2D eigenvalue weighted by atomic mass is 15.0. The number of nitrogens with zero attached hydrogens (tertiary/aromatic N) is 3. The van der Waals surface area contributed by atoms with Gasteiger partial charge in [-0.2, -0.15) is 0 Å². The van der Waals surface area contributed by atoms with Crippen LogP contribution >= 0.6 is 0 Å². The van der Waals surface area contributed by atoms with E-state index < -0.39 is 0 Å². The maximum Gasteiger partial charge on any atom is 0.0724 e. The molecule has 0 aliphatic heterocycles. The third-order valence-electron chi connectivity index (χ3n) is 7.42. The topological polar surface area (TPSA) is 22.8 Å². The number of hydrogen-bond acceptors (Lipinski definition) is 1. The monoisotopic (exact) mass is 459 g/mol. The number of aromatic nitrogens is 3. The fraction of sp³-hybridized carbons (Fsp3) is 0. The lowest BCUT2D eigenvalue weighted by molar-refractivity contribution is 1.13. The van der Waals surface area contributed by atoms with Crippen LogP contribution < -0.4 is 0 Å². The van der Waals surface area contributed by atoms with Crippen molar-refractivity contribution in [2.24, 2.45) is 0 Å². The van der Waals surface area contributed by atoms with Gasteiger partial charge in [-0.1, -0.05) is 78.9 Å². The summed E-state index contributed by atoms with van der Waals surface area (Å²) in [6.45, 7) is 0. The van der Waals surface area contributed by atoms with Gasteiger partial charge in [0.25, 0.3) is 0 Å². The summed E-state index contributed by atoms with van der Waals surface area (Å²) in [4.78, 5) is 4.63. The van der Waals surface area contributed by atoms with Crippen LogP contribution in [-0.2, 0) is 0 Å². The van der Waals surface area contributed by atoms with Gasteiger partial charge < -0.3 is 9.13 Å². The molecule has 8 aromatic rings. The van der Waals surface area contributed by atoms with Crippen molar-refractivity contribution in [3.8, 4) is 11.4 Å². The number of rotatable bonds is 2. The fourth-order valence-corrected chi connectivity index (χ4v) is 5.83. The van der Waals surface area contributed by atoms with Crippen molar-refractivity contribution in [2.75, 3.05) is 0 Å². The molecule has 0 saturated heterocycles. The first-order chi connectivity index (χ1) is 17.9. The molecule has 0 atom stereocenters. The van der Waals surface area contributed by atoms with Gasteiger partial charge in [0.15, 0.2) is 0 Å². The van der Waals surface area contributed by atoms with Gasteiger partial charge >= 0.3 is 0 Å². The molecule has 3 nitrogen and oxygen atoms in total. The molecular weight excluding hydrogens is 438 g/mol. The molecule has 36 heavy (non-hydrogen) atoms. The first-order valence-corrected chi connectivity index (χ1v) is 12.2. The van der Waals surface area contributed by atoms with Gasteiger partial charge in [-0.3, -0.25) is 4.98 Å². The number of benzene rings is 5. The minimum atomic E-state index is 1.11. The predicted molar refractivity (Wildman–Crippen MR) is 150 cm³/mol. The molecule has 0 bridgehead atoms. The number of fused-ring (bicyclic) bond motifs is 8. The third kappa shape index (κ3) is 2.60. The Morgan fingerprint density at radius 2 is 1.17 bits per heavy atom. The molecule has 168 valence electrons. The van der Waals surface area contributed by atoms with Crippen LogP contribution in [0.3, 0.4) is 0 Å². The average Bonchev–Trinajstić information content (AvgIpc) is 3.53. The molecule has 0 radical (unpaired) electrons. The second-order valence-corrected chi connectivity index (χ2v) is 9.31. The minimum Gasteiger partial charge on any atom is -0.317 e. The first-order valence-electron chi connectivity index (χ1n) is 12.2. The molecule has 0 N–H and O–H groups in total. The standard InChI is InChI=1S/C33H21N3/c1-2-9-23(10-3-1)35-19-18-27-25-14-15-29-26-12-6-7-13-31(26)36(33(29)28(25)16-17-30(27)35)32-21-34-20-22-8-4-5-11-24(22)32/h1-21H. The molecule has 0 unspecified atom stereocenters. The molecule has 0 aliphatic carbocycles. The van der Waals surface area contributed by atoms with E-state index in [2.05, 4.69) is 130 Å². The van der Waals surface area contributed by atoms with Gasteiger partial charge in [0.2, 0.25) is 0 Å². The summed E-state index contributed by atoms with van der Waals surface area (Å²) in [6, 6.07) is 39.1. The normalized spacial score (nSPS) is 11.9. The van der Waals surface area contributed by atoms with Crippen LogP contribution in [-0.4, -0.2) is 14.1 Å². The van der Waals surface area contributed by atoms with E-state index in [1.165, 1.54) is 54.6 Å². The number of pyridine rings is 1. The Balaban J connectivity index is 1.53. The molecule has 3 aromatic heterocycles. The van der Waals surface area contributed by atoms with Crippen molar-refractivity contribution >= 4 is 54.3 Å². The zero-order chi connectivity index (χ0) is 23.6. The van der Waals surface area contributed by atoms with Crippen LogP contribution in [0.5, 0.6) is 0 Å². The largest absolute Gasteiger partial charge is 0.317 e. The highest BCUT2D eigenvalue weighted by molar-refractivity contribution is 6.23. The molecule has 0 fully saturated rings. The Hall–Kier alpha value is -4.89. The summed E-state index contributed by atoms with van der Waals surface area (Å²) < 4.78 is 4.67. The second-order valence-electron chi connectivity index (χ2n) is 9.31. The van der Waals surface area contributed by atoms with Gasteiger partial charge in [0, 0.05) is 50.4 Å². The zero-order valence-corrected chi connectivity index (χ0v) is 19.5. The molecule has 0 spiro atoms. The predicted octanol–water partition coefficient (Wildman–Crippen LogP) is 8.43. The molecule has 5 aromatic carbocycles. The van der Waals surface area contributed by atoms with Crippen molar-refractivity contribution in [1.82, 2.24) is 14.1 Å². The van der Waals surface area contributed by atoms with Crippen LogP contribution in [0.4, 0.5) is 0 Å². The van der Waals surface area contributed by atoms with E-state index in [1.807, 2.05) is 12.4 Å². The van der Waals surface area contributed by atoms with Crippen molar-refractivity contribution in [1.29, 1.82) is 0 Å². The van der Waals surface area contributed by atoms with Gasteiger partial charge in [0.05, 0.1) is 28.4 Å². The van der Waals surface area contributed by atoms with E-state index >= 15 is 0 Å². The Morgan fingerprint density at radius 3 is 2.08 bits per heavy atom. The summed E-state index contributed by atoms with van der Waals surface area (Å²) in [5, 5.41) is 8.61. The highest BCUT2D eigenvalue weighted by Crippen LogP contribution is 2.40. The third-order valence-corrected chi connectivity index (χ3v) is 7.42.